The summed E-state index contributed by atoms with van der Waals surface area (Å²) in [5.41, 5.74) is 4.61. The van der Waals surface area contributed by atoms with Gasteiger partial charge in [-0.15, -0.1) is 0 Å². The highest BCUT2D eigenvalue weighted by atomic mass is 127. The second-order valence-electron chi connectivity index (χ2n) is 4.30. The standard InChI is InChI=1S/C15H13IN2/c1-2-10-3-8-13-14(9-10)18-15(17-13)11-4-6-12(16)7-5-11/h3-9H,2H2,1H3,(H,17,18). The van der Waals surface area contributed by atoms with Crippen molar-refractivity contribution in [3.05, 3.63) is 51.6 Å². The Morgan fingerprint density at radius 1 is 1.11 bits per heavy atom. The highest BCUT2D eigenvalue weighted by Crippen LogP contribution is 2.22. The maximum Gasteiger partial charge on any atom is 0.138 e. The van der Waals surface area contributed by atoms with E-state index in [1.165, 1.54) is 9.13 Å². The van der Waals surface area contributed by atoms with Crippen molar-refractivity contribution in [2.24, 2.45) is 0 Å². The maximum atomic E-state index is 4.63. The molecule has 0 saturated carbocycles. The molecule has 0 aliphatic carbocycles. The first-order chi connectivity index (χ1) is 8.76. The van der Waals surface area contributed by atoms with E-state index < -0.39 is 0 Å². The molecule has 0 aliphatic rings. The maximum absolute atomic E-state index is 4.63. The molecule has 0 amide bonds. The van der Waals surface area contributed by atoms with Gasteiger partial charge in [-0.1, -0.05) is 25.1 Å². The normalized spacial score (nSPS) is 11.0. The van der Waals surface area contributed by atoms with Crippen LogP contribution in [0.15, 0.2) is 42.5 Å². The summed E-state index contributed by atoms with van der Waals surface area (Å²) in [6.45, 7) is 2.16. The predicted octanol–water partition coefficient (Wildman–Crippen LogP) is 4.40. The van der Waals surface area contributed by atoms with E-state index in [2.05, 4.69) is 81.9 Å². The third-order valence-corrected chi connectivity index (χ3v) is 3.79. The van der Waals surface area contributed by atoms with Crippen LogP contribution in [0.2, 0.25) is 0 Å². The van der Waals surface area contributed by atoms with Crippen molar-refractivity contribution in [3.8, 4) is 11.4 Å². The molecule has 18 heavy (non-hydrogen) atoms. The van der Waals surface area contributed by atoms with E-state index in [1.807, 2.05) is 0 Å². The van der Waals surface area contributed by atoms with Crippen LogP contribution in [-0.4, -0.2) is 9.97 Å². The SMILES string of the molecule is CCc1ccc2nc(-c3ccc(I)cc3)[nH]c2c1. The molecule has 3 rings (SSSR count). The molecular weight excluding hydrogens is 335 g/mol. The molecule has 1 N–H and O–H groups in total. The van der Waals surface area contributed by atoms with Crippen LogP contribution in [0.5, 0.6) is 0 Å². The van der Waals surface area contributed by atoms with Crippen LogP contribution in [0.1, 0.15) is 12.5 Å². The lowest BCUT2D eigenvalue weighted by molar-refractivity contribution is 1.14. The number of hydrogen-bond acceptors (Lipinski definition) is 1. The smallest absolute Gasteiger partial charge is 0.138 e. The molecule has 3 aromatic rings. The third-order valence-electron chi connectivity index (χ3n) is 3.07. The first kappa shape index (κ1) is 11.7. The molecule has 0 fully saturated rings. The second kappa shape index (κ2) is 4.72. The molecule has 2 nitrogen and oxygen atoms in total. The fraction of sp³-hybridized carbons (Fsp3) is 0.133. The van der Waals surface area contributed by atoms with Crippen LogP contribution in [0.25, 0.3) is 22.4 Å². The molecule has 0 saturated heterocycles. The topological polar surface area (TPSA) is 28.7 Å². The van der Waals surface area contributed by atoms with Crippen molar-refractivity contribution in [2.75, 3.05) is 0 Å². The Kier molecular flexibility index (Phi) is 3.07. The Morgan fingerprint density at radius 2 is 1.89 bits per heavy atom. The fourth-order valence-corrected chi connectivity index (χ4v) is 2.38. The van der Waals surface area contributed by atoms with Crippen LogP contribution < -0.4 is 0 Å². The lowest BCUT2D eigenvalue weighted by Crippen LogP contribution is -1.80. The van der Waals surface area contributed by atoms with Gasteiger partial charge in [-0.3, -0.25) is 0 Å². The summed E-state index contributed by atoms with van der Waals surface area (Å²) in [4.78, 5) is 8.02. The zero-order chi connectivity index (χ0) is 12.5. The molecule has 2 aromatic carbocycles. The molecule has 90 valence electrons. The number of imidazole rings is 1. The number of hydrogen-bond donors (Lipinski definition) is 1. The highest BCUT2D eigenvalue weighted by molar-refractivity contribution is 14.1. The van der Waals surface area contributed by atoms with Crippen molar-refractivity contribution < 1.29 is 0 Å². The Labute approximate surface area is 120 Å². The monoisotopic (exact) mass is 348 g/mol. The Hall–Kier alpha value is -1.36. The summed E-state index contributed by atoms with van der Waals surface area (Å²) in [6.07, 6.45) is 1.05. The van der Waals surface area contributed by atoms with E-state index in [0.717, 1.165) is 28.8 Å². The Bertz CT molecular complexity index is 683. The number of aromatic amines is 1. The van der Waals surface area contributed by atoms with Gasteiger partial charge in [-0.05, 0) is 58.8 Å². The lowest BCUT2D eigenvalue weighted by Gasteiger charge is -1.96. The van der Waals surface area contributed by atoms with E-state index in [4.69, 9.17) is 0 Å². The van der Waals surface area contributed by atoms with Gasteiger partial charge < -0.3 is 4.98 Å². The number of fused-ring (bicyclic) bond motifs is 1. The van der Waals surface area contributed by atoms with Gasteiger partial charge in [-0.2, -0.15) is 0 Å². The summed E-state index contributed by atoms with van der Waals surface area (Å²) < 4.78 is 1.24. The largest absolute Gasteiger partial charge is 0.338 e. The van der Waals surface area contributed by atoms with Crippen molar-refractivity contribution in [1.29, 1.82) is 0 Å². The molecule has 0 radical (unpaired) electrons. The molecule has 3 heteroatoms. The molecule has 1 aromatic heterocycles. The van der Waals surface area contributed by atoms with E-state index in [0.29, 0.717) is 0 Å². The zero-order valence-electron chi connectivity index (χ0n) is 10.1. The molecule has 0 atom stereocenters. The van der Waals surface area contributed by atoms with Gasteiger partial charge in [-0.25, -0.2) is 4.98 Å². The minimum absolute atomic E-state index is 0.939. The first-order valence-electron chi connectivity index (χ1n) is 6.01. The van der Waals surface area contributed by atoms with Gasteiger partial charge in [0, 0.05) is 9.13 Å². The predicted molar refractivity (Wildman–Crippen MR) is 83.6 cm³/mol. The number of halogens is 1. The average Bonchev–Trinajstić information content (AvgIpc) is 2.82. The number of H-pyrrole nitrogens is 1. The first-order valence-corrected chi connectivity index (χ1v) is 7.09. The number of benzene rings is 2. The average molecular weight is 348 g/mol. The summed E-state index contributed by atoms with van der Waals surface area (Å²) in [6, 6.07) is 14.8. The summed E-state index contributed by atoms with van der Waals surface area (Å²) in [5, 5.41) is 0. The van der Waals surface area contributed by atoms with Crippen LogP contribution in [0, 0.1) is 3.57 Å². The van der Waals surface area contributed by atoms with E-state index in [9.17, 15) is 0 Å². The molecule has 0 aliphatic heterocycles. The van der Waals surface area contributed by atoms with Crippen molar-refractivity contribution in [3.63, 3.8) is 0 Å². The zero-order valence-corrected chi connectivity index (χ0v) is 12.2. The van der Waals surface area contributed by atoms with Gasteiger partial charge in [0.05, 0.1) is 11.0 Å². The summed E-state index contributed by atoms with van der Waals surface area (Å²) >= 11 is 2.31. The molecular formula is C15H13IN2. The second-order valence-corrected chi connectivity index (χ2v) is 5.54. The van der Waals surface area contributed by atoms with Crippen LogP contribution in [-0.2, 0) is 6.42 Å². The Balaban J connectivity index is 2.10. The van der Waals surface area contributed by atoms with Gasteiger partial charge in [0.25, 0.3) is 0 Å². The van der Waals surface area contributed by atoms with E-state index in [1.54, 1.807) is 0 Å². The van der Waals surface area contributed by atoms with Crippen molar-refractivity contribution in [2.45, 2.75) is 13.3 Å². The van der Waals surface area contributed by atoms with Crippen LogP contribution in [0.3, 0.4) is 0 Å². The minimum Gasteiger partial charge on any atom is -0.338 e. The number of aryl methyl sites for hydroxylation is 1. The molecule has 1 heterocycles. The summed E-state index contributed by atoms with van der Waals surface area (Å²) in [5.74, 6) is 0.939. The van der Waals surface area contributed by atoms with Gasteiger partial charge in [0.1, 0.15) is 5.82 Å². The van der Waals surface area contributed by atoms with Crippen molar-refractivity contribution in [1.82, 2.24) is 9.97 Å². The number of aromatic nitrogens is 2. The highest BCUT2D eigenvalue weighted by Gasteiger charge is 2.05. The number of nitrogens with one attached hydrogen (secondary N) is 1. The van der Waals surface area contributed by atoms with Crippen molar-refractivity contribution >= 4 is 33.6 Å². The van der Waals surface area contributed by atoms with Crippen LogP contribution in [0.4, 0.5) is 0 Å². The minimum atomic E-state index is 0.939. The molecule has 0 spiro atoms. The molecule has 0 bridgehead atoms. The van der Waals surface area contributed by atoms with E-state index in [-0.39, 0.29) is 0 Å². The van der Waals surface area contributed by atoms with Gasteiger partial charge in [0.15, 0.2) is 0 Å². The quantitative estimate of drug-likeness (QED) is 0.684. The third kappa shape index (κ3) is 2.14. The Morgan fingerprint density at radius 3 is 2.61 bits per heavy atom. The lowest BCUT2D eigenvalue weighted by atomic mass is 10.1. The van der Waals surface area contributed by atoms with Crippen LogP contribution >= 0.6 is 22.6 Å². The summed E-state index contributed by atoms with van der Waals surface area (Å²) in [7, 11) is 0. The van der Waals surface area contributed by atoms with E-state index >= 15 is 0 Å². The molecule has 0 unspecified atom stereocenters. The fourth-order valence-electron chi connectivity index (χ4n) is 2.02. The van der Waals surface area contributed by atoms with Gasteiger partial charge in [0.2, 0.25) is 0 Å². The number of nitrogens with zero attached hydrogens (tertiary/aromatic N) is 1. The van der Waals surface area contributed by atoms with Gasteiger partial charge >= 0.3 is 0 Å². The number of rotatable bonds is 2.